The van der Waals surface area contributed by atoms with Crippen LogP contribution in [-0.2, 0) is 30.7 Å². The van der Waals surface area contributed by atoms with Gasteiger partial charge in [0.1, 0.15) is 5.82 Å². The highest BCUT2D eigenvalue weighted by molar-refractivity contribution is 5.20. The summed E-state index contributed by atoms with van der Waals surface area (Å²) in [5.74, 6) is 1.25. The smallest absolute Gasteiger partial charge is 0.109 e. The van der Waals surface area contributed by atoms with Crippen molar-refractivity contribution in [1.29, 1.82) is 0 Å². The van der Waals surface area contributed by atoms with Crippen LogP contribution >= 0.6 is 0 Å². The van der Waals surface area contributed by atoms with E-state index in [0.717, 1.165) is 58.6 Å². The van der Waals surface area contributed by atoms with Crippen molar-refractivity contribution in [3.8, 4) is 0 Å². The highest BCUT2D eigenvalue weighted by atomic mass is 16.5. The molecule has 0 spiro atoms. The topological polar surface area (TPSA) is 42.3 Å². The average molecular weight is 278 g/mol. The van der Waals surface area contributed by atoms with Crippen molar-refractivity contribution in [3.05, 3.63) is 17.2 Å². The lowest BCUT2D eigenvalue weighted by molar-refractivity contribution is -0.0281. The molecule has 1 aromatic heterocycles. The van der Waals surface area contributed by atoms with Crippen molar-refractivity contribution < 1.29 is 4.74 Å². The van der Waals surface area contributed by atoms with Gasteiger partial charge in [0.15, 0.2) is 0 Å². The lowest BCUT2D eigenvalue weighted by Gasteiger charge is -2.31. The van der Waals surface area contributed by atoms with E-state index in [4.69, 9.17) is 9.72 Å². The molecule has 112 valence electrons. The molecular weight excluding hydrogens is 252 g/mol. The van der Waals surface area contributed by atoms with Crippen LogP contribution in [0.2, 0.25) is 0 Å². The highest BCUT2D eigenvalue weighted by Gasteiger charge is 2.24. The number of likely N-dealkylation sites (N-methyl/N-ethyl adjacent to an activating group) is 1. The summed E-state index contributed by atoms with van der Waals surface area (Å²) in [6.07, 6.45) is 3.61. The Morgan fingerprint density at radius 3 is 3.15 bits per heavy atom. The van der Waals surface area contributed by atoms with E-state index in [1.165, 1.54) is 17.2 Å². The Bertz CT molecular complexity index is 457. The lowest BCUT2D eigenvalue weighted by atomic mass is 10.1. The van der Waals surface area contributed by atoms with Crippen LogP contribution in [0.4, 0.5) is 0 Å². The Hall–Kier alpha value is -0.910. The first-order chi connectivity index (χ1) is 9.78. The Morgan fingerprint density at radius 2 is 2.35 bits per heavy atom. The third-order valence-corrected chi connectivity index (χ3v) is 4.27. The van der Waals surface area contributed by atoms with Gasteiger partial charge >= 0.3 is 0 Å². The Labute approximate surface area is 121 Å². The zero-order chi connectivity index (χ0) is 13.9. The van der Waals surface area contributed by atoms with Crippen LogP contribution in [-0.4, -0.2) is 53.8 Å². The SMILES string of the molecule is CCCc1nc2c(n1CC1CN(C)CCO1)CCNC2. The van der Waals surface area contributed by atoms with Crippen LogP contribution in [0.3, 0.4) is 0 Å². The molecule has 0 radical (unpaired) electrons. The van der Waals surface area contributed by atoms with Gasteiger partial charge in [0.2, 0.25) is 0 Å². The number of morpholine rings is 1. The van der Waals surface area contributed by atoms with Gasteiger partial charge in [0, 0.05) is 44.7 Å². The molecule has 1 aromatic rings. The summed E-state index contributed by atoms with van der Waals surface area (Å²) in [7, 11) is 2.18. The molecule has 0 aromatic carbocycles. The summed E-state index contributed by atoms with van der Waals surface area (Å²) < 4.78 is 8.39. The minimum absolute atomic E-state index is 0.303. The maximum atomic E-state index is 5.94. The molecule has 1 N–H and O–H groups in total. The van der Waals surface area contributed by atoms with Gasteiger partial charge in [-0.2, -0.15) is 0 Å². The lowest BCUT2D eigenvalue weighted by Crippen LogP contribution is -2.42. The van der Waals surface area contributed by atoms with E-state index >= 15 is 0 Å². The molecule has 1 fully saturated rings. The molecule has 0 aliphatic carbocycles. The van der Waals surface area contributed by atoms with Crippen LogP contribution in [0.15, 0.2) is 0 Å². The van der Waals surface area contributed by atoms with E-state index in [1.807, 2.05) is 0 Å². The standard InChI is InChI=1S/C15H26N4O/c1-3-4-15-17-13-9-16-6-5-14(13)19(15)11-12-10-18(2)7-8-20-12/h12,16H,3-11H2,1-2H3. The molecule has 3 rings (SSSR count). The molecule has 5 nitrogen and oxygen atoms in total. The summed E-state index contributed by atoms with van der Waals surface area (Å²) in [5, 5.41) is 3.42. The molecule has 1 atom stereocenters. The van der Waals surface area contributed by atoms with E-state index in [9.17, 15) is 0 Å². The maximum absolute atomic E-state index is 5.94. The number of nitrogens with zero attached hydrogens (tertiary/aromatic N) is 3. The van der Waals surface area contributed by atoms with Crippen molar-refractivity contribution in [1.82, 2.24) is 19.8 Å². The monoisotopic (exact) mass is 278 g/mol. The van der Waals surface area contributed by atoms with Crippen molar-refractivity contribution in [2.24, 2.45) is 0 Å². The van der Waals surface area contributed by atoms with Crippen molar-refractivity contribution >= 4 is 0 Å². The van der Waals surface area contributed by atoms with Gasteiger partial charge in [0.25, 0.3) is 0 Å². The van der Waals surface area contributed by atoms with Crippen LogP contribution in [0, 0.1) is 0 Å². The quantitative estimate of drug-likeness (QED) is 0.885. The molecular formula is C15H26N4O. The number of rotatable bonds is 4. The summed E-state index contributed by atoms with van der Waals surface area (Å²) in [6, 6.07) is 0. The molecule has 2 aliphatic rings. The minimum Gasteiger partial charge on any atom is -0.374 e. The van der Waals surface area contributed by atoms with Gasteiger partial charge in [-0.25, -0.2) is 4.98 Å². The largest absolute Gasteiger partial charge is 0.374 e. The first kappa shape index (κ1) is 14.0. The predicted octanol–water partition coefficient (Wildman–Crippen LogP) is 0.812. The van der Waals surface area contributed by atoms with Crippen LogP contribution in [0.5, 0.6) is 0 Å². The fourth-order valence-corrected chi connectivity index (χ4v) is 3.24. The third-order valence-electron chi connectivity index (χ3n) is 4.27. The van der Waals surface area contributed by atoms with Gasteiger partial charge in [-0.05, 0) is 13.5 Å². The number of aryl methyl sites for hydroxylation is 1. The van der Waals surface area contributed by atoms with Crippen LogP contribution < -0.4 is 5.32 Å². The van der Waals surface area contributed by atoms with Crippen molar-refractivity contribution in [3.63, 3.8) is 0 Å². The Kier molecular flexibility index (Phi) is 4.38. The number of aromatic nitrogens is 2. The van der Waals surface area contributed by atoms with Crippen LogP contribution in [0.25, 0.3) is 0 Å². The number of nitrogens with one attached hydrogen (secondary N) is 1. The van der Waals surface area contributed by atoms with Gasteiger partial charge in [-0.3, -0.25) is 0 Å². The second kappa shape index (κ2) is 6.24. The number of hydrogen-bond donors (Lipinski definition) is 1. The van der Waals surface area contributed by atoms with E-state index in [2.05, 4.69) is 28.8 Å². The van der Waals surface area contributed by atoms with Crippen molar-refractivity contribution in [2.45, 2.75) is 45.4 Å². The second-order valence-corrected chi connectivity index (χ2v) is 5.96. The first-order valence-corrected chi connectivity index (χ1v) is 7.86. The van der Waals surface area contributed by atoms with E-state index in [-0.39, 0.29) is 0 Å². The zero-order valence-corrected chi connectivity index (χ0v) is 12.7. The second-order valence-electron chi connectivity index (χ2n) is 5.96. The molecule has 1 saturated heterocycles. The molecule has 20 heavy (non-hydrogen) atoms. The summed E-state index contributed by atoms with van der Waals surface area (Å²) in [5.41, 5.74) is 2.69. The molecule has 5 heteroatoms. The molecule has 0 saturated carbocycles. The summed E-state index contributed by atoms with van der Waals surface area (Å²) >= 11 is 0. The summed E-state index contributed by atoms with van der Waals surface area (Å²) in [6.45, 7) is 8.09. The van der Waals surface area contributed by atoms with E-state index < -0.39 is 0 Å². The Balaban J connectivity index is 1.81. The number of ether oxygens (including phenoxy) is 1. The molecule has 3 heterocycles. The third kappa shape index (κ3) is 2.90. The first-order valence-electron chi connectivity index (χ1n) is 7.86. The molecule has 2 aliphatic heterocycles. The van der Waals surface area contributed by atoms with Crippen LogP contribution in [0.1, 0.15) is 30.6 Å². The van der Waals surface area contributed by atoms with Crippen molar-refractivity contribution in [2.75, 3.05) is 33.3 Å². The Morgan fingerprint density at radius 1 is 1.45 bits per heavy atom. The average Bonchev–Trinajstić information content (AvgIpc) is 2.78. The zero-order valence-electron chi connectivity index (χ0n) is 12.7. The van der Waals surface area contributed by atoms with Gasteiger partial charge in [0.05, 0.1) is 24.9 Å². The fourth-order valence-electron chi connectivity index (χ4n) is 3.24. The maximum Gasteiger partial charge on any atom is 0.109 e. The minimum atomic E-state index is 0.303. The summed E-state index contributed by atoms with van der Waals surface area (Å²) in [4.78, 5) is 7.22. The molecule has 0 bridgehead atoms. The number of hydrogen-bond acceptors (Lipinski definition) is 4. The van der Waals surface area contributed by atoms with Gasteiger partial charge in [-0.1, -0.05) is 6.92 Å². The van der Waals surface area contributed by atoms with E-state index in [0.29, 0.717) is 6.10 Å². The fraction of sp³-hybridized carbons (Fsp3) is 0.800. The van der Waals surface area contributed by atoms with E-state index in [1.54, 1.807) is 0 Å². The highest BCUT2D eigenvalue weighted by Crippen LogP contribution is 2.19. The van der Waals surface area contributed by atoms with Gasteiger partial charge < -0.3 is 19.5 Å². The van der Waals surface area contributed by atoms with Gasteiger partial charge in [-0.15, -0.1) is 0 Å². The number of imidazole rings is 1. The molecule has 0 amide bonds. The normalized spacial score (nSPS) is 23.8. The number of fused-ring (bicyclic) bond motifs is 1. The predicted molar refractivity (Wildman–Crippen MR) is 78.9 cm³/mol. The molecule has 1 unspecified atom stereocenters.